The first-order valence-electron chi connectivity index (χ1n) is 8.72. The highest BCUT2D eigenvalue weighted by molar-refractivity contribution is 5.98. The van der Waals surface area contributed by atoms with Gasteiger partial charge in [0.15, 0.2) is 0 Å². The highest BCUT2D eigenvalue weighted by Crippen LogP contribution is 2.48. The molecule has 0 unspecified atom stereocenters. The number of likely N-dealkylation sites (tertiary alicyclic amines) is 1. The van der Waals surface area contributed by atoms with E-state index in [9.17, 15) is 14.0 Å². The molecule has 1 aliphatic carbocycles. The van der Waals surface area contributed by atoms with E-state index in [0.717, 1.165) is 12.8 Å². The van der Waals surface area contributed by atoms with Gasteiger partial charge in [-0.2, -0.15) is 0 Å². The first-order chi connectivity index (χ1) is 11.6. The Balaban J connectivity index is 1.52. The minimum absolute atomic E-state index is 0.0664. The fourth-order valence-corrected chi connectivity index (χ4v) is 4.09. The van der Waals surface area contributed by atoms with Crippen molar-refractivity contribution in [2.45, 2.75) is 32.1 Å². The number of amides is 3. The number of carbonyl (C=O) groups excluding carboxylic acids is 2. The van der Waals surface area contributed by atoms with Crippen LogP contribution in [0.2, 0.25) is 0 Å². The van der Waals surface area contributed by atoms with Gasteiger partial charge in [-0.1, -0.05) is 6.42 Å². The molecular formula is C18H22FN3O2. The average molecular weight is 331 g/mol. The van der Waals surface area contributed by atoms with Gasteiger partial charge < -0.3 is 10.2 Å². The summed E-state index contributed by atoms with van der Waals surface area (Å²) < 4.78 is 14.2. The van der Waals surface area contributed by atoms with Crippen LogP contribution in [0.25, 0.3) is 0 Å². The van der Waals surface area contributed by atoms with Crippen LogP contribution in [-0.4, -0.2) is 43.0 Å². The number of urea groups is 1. The van der Waals surface area contributed by atoms with Crippen LogP contribution >= 0.6 is 0 Å². The number of piperidine rings is 1. The van der Waals surface area contributed by atoms with Gasteiger partial charge in [0.05, 0.1) is 5.56 Å². The van der Waals surface area contributed by atoms with Crippen molar-refractivity contribution in [3.63, 3.8) is 0 Å². The van der Waals surface area contributed by atoms with Crippen molar-refractivity contribution in [2.24, 2.45) is 5.41 Å². The lowest BCUT2D eigenvalue weighted by Crippen LogP contribution is -2.46. The predicted octanol–water partition coefficient (Wildman–Crippen LogP) is 2.76. The van der Waals surface area contributed by atoms with Crippen molar-refractivity contribution in [3.05, 3.63) is 29.6 Å². The smallest absolute Gasteiger partial charge is 0.321 e. The Hall–Kier alpha value is -2.11. The molecule has 0 bridgehead atoms. The number of nitrogens with one attached hydrogen (secondary N) is 1. The minimum atomic E-state index is -0.521. The zero-order valence-electron chi connectivity index (χ0n) is 13.7. The zero-order chi connectivity index (χ0) is 16.7. The Labute approximate surface area is 140 Å². The molecule has 0 radical (unpaired) electrons. The van der Waals surface area contributed by atoms with Crippen LogP contribution < -0.4 is 10.2 Å². The van der Waals surface area contributed by atoms with Crippen LogP contribution in [0.15, 0.2) is 18.2 Å². The van der Waals surface area contributed by atoms with Gasteiger partial charge in [-0.15, -0.1) is 0 Å². The molecule has 3 fully saturated rings. The molecule has 6 heteroatoms. The Kier molecular flexibility index (Phi) is 3.70. The molecular weight excluding hydrogens is 309 g/mol. The highest BCUT2D eigenvalue weighted by atomic mass is 19.1. The van der Waals surface area contributed by atoms with E-state index in [-0.39, 0.29) is 17.5 Å². The Morgan fingerprint density at radius 1 is 1.12 bits per heavy atom. The van der Waals surface area contributed by atoms with Gasteiger partial charge in [-0.05, 0) is 49.3 Å². The first-order valence-corrected chi connectivity index (χ1v) is 8.72. The number of nitrogens with zero attached hydrogens (tertiary/aromatic N) is 2. The van der Waals surface area contributed by atoms with Crippen LogP contribution in [0.4, 0.5) is 14.9 Å². The molecule has 0 atom stereocenters. The van der Waals surface area contributed by atoms with E-state index in [2.05, 4.69) is 5.32 Å². The number of hydrogen-bond acceptors (Lipinski definition) is 2. The van der Waals surface area contributed by atoms with E-state index in [0.29, 0.717) is 37.3 Å². The summed E-state index contributed by atoms with van der Waals surface area (Å²) in [6, 6.07) is 4.14. The molecule has 3 amide bonds. The first kappa shape index (κ1) is 15.4. The molecule has 128 valence electrons. The van der Waals surface area contributed by atoms with Gasteiger partial charge in [-0.25, -0.2) is 9.18 Å². The Bertz CT molecular complexity index is 677. The lowest BCUT2D eigenvalue weighted by atomic mass is 9.63. The largest absolute Gasteiger partial charge is 0.339 e. The van der Waals surface area contributed by atoms with Gasteiger partial charge >= 0.3 is 6.03 Å². The molecule has 1 aromatic carbocycles. The van der Waals surface area contributed by atoms with E-state index >= 15 is 0 Å². The highest BCUT2D eigenvalue weighted by Gasteiger charge is 2.40. The average Bonchev–Trinajstić information content (AvgIpc) is 2.99. The summed E-state index contributed by atoms with van der Waals surface area (Å²) in [6.07, 6.45) is 5.87. The van der Waals surface area contributed by atoms with Crippen LogP contribution in [0.3, 0.4) is 0 Å². The fourth-order valence-electron chi connectivity index (χ4n) is 4.09. The summed E-state index contributed by atoms with van der Waals surface area (Å²) in [5.74, 6) is -0.782. The summed E-state index contributed by atoms with van der Waals surface area (Å²) in [7, 11) is 0. The summed E-state index contributed by atoms with van der Waals surface area (Å²) in [6.45, 7) is 2.50. The third-order valence-corrected chi connectivity index (χ3v) is 5.87. The molecule has 2 saturated heterocycles. The predicted molar refractivity (Wildman–Crippen MR) is 88.6 cm³/mol. The topological polar surface area (TPSA) is 52.7 Å². The quantitative estimate of drug-likeness (QED) is 0.906. The monoisotopic (exact) mass is 331 g/mol. The van der Waals surface area contributed by atoms with Gasteiger partial charge in [0.1, 0.15) is 5.82 Å². The lowest BCUT2D eigenvalue weighted by Gasteiger charge is -2.48. The number of anilines is 1. The number of rotatable bonds is 2. The second-order valence-electron chi connectivity index (χ2n) is 7.19. The zero-order valence-corrected chi connectivity index (χ0v) is 13.7. The Morgan fingerprint density at radius 3 is 2.46 bits per heavy atom. The van der Waals surface area contributed by atoms with Gasteiger partial charge in [0.25, 0.3) is 5.91 Å². The maximum atomic E-state index is 14.2. The van der Waals surface area contributed by atoms with Gasteiger partial charge in [0.2, 0.25) is 0 Å². The van der Waals surface area contributed by atoms with Crippen molar-refractivity contribution < 1.29 is 14.0 Å². The molecule has 1 saturated carbocycles. The molecule has 1 spiro atoms. The van der Waals surface area contributed by atoms with Crippen LogP contribution in [0.5, 0.6) is 0 Å². The molecule has 2 aliphatic heterocycles. The molecule has 4 rings (SSSR count). The number of carbonyl (C=O) groups is 2. The van der Waals surface area contributed by atoms with E-state index in [1.807, 2.05) is 0 Å². The van der Waals surface area contributed by atoms with Crippen molar-refractivity contribution in [1.82, 2.24) is 10.2 Å². The summed E-state index contributed by atoms with van der Waals surface area (Å²) in [5.41, 5.74) is 1.09. The maximum Gasteiger partial charge on any atom is 0.321 e. The van der Waals surface area contributed by atoms with Crippen molar-refractivity contribution >= 4 is 17.6 Å². The third kappa shape index (κ3) is 2.54. The second-order valence-corrected chi connectivity index (χ2v) is 7.19. The van der Waals surface area contributed by atoms with Crippen LogP contribution in [0.1, 0.15) is 42.5 Å². The second kappa shape index (κ2) is 5.76. The van der Waals surface area contributed by atoms with Crippen LogP contribution in [0, 0.1) is 11.2 Å². The van der Waals surface area contributed by atoms with E-state index < -0.39 is 5.82 Å². The molecule has 0 aromatic heterocycles. The minimum Gasteiger partial charge on any atom is -0.339 e. The van der Waals surface area contributed by atoms with E-state index in [4.69, 9.17) is 0 Å². The number of halogens is 1. The van der Waals surface area contributed by atoms with Gasteiger partial charge in [0, 0.05) is 31.9 Å². The number of hydrogen-bond donors (Lipinski definition) is 1. The van der Waals surface area contributed by atoms with Crippen molar-refractivity contribution in [1.29, 1.82) is 0 Å². The SMILES string of the molecule is O=C(c1cc(N2CCNC2=O)ccc1F)N1CCC2(CCC2)CC1. The van der Waals surface area contributed by atoms with Gasteiger partial charge in [-0.3, -0.25) is 9.69 Å². The van der Waals surface area contributed by atoms with E-state index in [1.54, 1.807) is 11.0 Å². The van der Waals surface area contributed by atoms with Crippen molar-refractivity contribution in [2.75, 3.05) is 31.1 Å². The summed E-state index contributed by atoms with van der Waals surface area (Å²) in [4.78, 5) is 27.8. The standard InChI is InChI=1S/C18H22FN3O2/c19-15-3-2-13(22-11-8-20-17(22)24)12-14(15)16(23)21-9-6-18(7-10-21)4-1-5-18/h2-3,12H,1,4-11H2,(H,20,24). The van der Waals surface area contributed by atoms with E-state index in [1.165, 1.54) is 36.3 Å². The fraction of sp³-hybridized carbons (Fsp3) is 0.556. The number of benzene rings is 1. The molecule has 1 aromatic rings. The molecule has 24 heavy (non-hydrogen) atoms. The van der Waals surface area contributed by atoms with Crippen LogP contribution in [-0.2, 0) is 0 Å². The maximum absolute atomic E-state index is 14.2. The third-order valence-electron chi connectivity index (χ3n) is 5.87. The summed E-state index contributed by atoms with van der Waals surface area (Å²) >= 11 is 0. The molecule has 3 aliphatic rings. The summed E-state index contributed by atoms with van der Waals surface area (Å²) in [5, 5.41) is 2.71. The van der Waals surface area contributed by atoms with Crippen molar-refractivity contribution in [3.8, 4) is 0 Å². The Morgan fingerprint density at radius 2 is 1.88 bits per heavy atom. The molecule has 5 nitrogen and oxygen atoms in total. The molecule has 1 N–H and O–H groups in total. The lowest BCUT2D eigenvalue weighted by molar-refractivity contribution is 0.0284. The normalized spacial score (nSPS) is 22.5. The molecule has 2 heterocycles.